The van der Waals surface area contributed by atoms with Gasteiger partial charge < -0.3 is 4.74 Å². The third kappa shape index (κ3) is 2.05. The van der Waals surface area contributed by atoms with Gasteiger partial charge in [-0.15, -0.1) is 0 Å². The third-order valence-corrected chi connectivity index (χ3v) is 9.39. The Morgan fingerprint density at radius 1 is 1.03 bits per heavy atom. The first kappa shape index (κ1) is 17.7. The van der Waals surface area contributed by atoms with Crippen LogP contribution in [0.1, 0.15) is 51.0 Å². The number of carbonyl (C=O) groups excluding carboxylic acids is 2. The molecule has 3 saturated carbocycles. The summed E-state index contributed by atoms with van der Waals surface area (Å²) in [6.45, 7) is 4.89. The molecule has 152 valence electrons. The van der Waals surface area contributed by atoms with Gasteiger partial charge in [0.1, 0.15) is 6.61 Å². The highest BCUT2D eigenvalue weighted by molar-refractivity contribution is 5.97. The van der Waals surface area contributed by atoms with Crippen LogP contribution in [0.4, 0.5) is 4.79 Å². The lowest BCUT2D eigenvalue weighted by molar-refractivity contribution is -0.144. The summed E-state index contributed by atoms with van der Waals surface area (Å²) >= 11 is 0. The molecule has 7 atom stereocenters. The Morgan fingerprint density at radius 2 is 1.76 bits per heavy atom. The van der Waals surface area contributed by atoms with Gasteiger partial charge in [-0.2, -0.15) is 0 Å². The molecule has 1 aromatic rings. The van der Waals surface area contributed by atoms with Gasteiger partial charge in [0.25, 0.3) is 0 Å². The highest BCUT2D eigenvalue weighted by Crippen LogP contribution is 2.66. The summed E-state index contributed by atoms with van der Waals surface area (Å²) in [5.41, 5.74) is 0.668. The zero-order valence-electron chi connectivity index (χ0n) is 17.2. The minimum absolute atomic E-state index is 0.0128. The molecule has 0 unspecified atom stereocenters. The smallest absolute Gasteiger partial charge is 0.417 e. The summed E-state index contributed by atoms with van der Waals surface area (Å²) in [4.78, 5) is 28.8. The first-order valence-electron chi connectivity index (χ1n) is 11.2. The van der Waals surface area contributed by atoms with Crippen molar-refractivity contribution >= 4 is 12.0 Å². The first-order valence-corrected chi connectivity index (χ1v) is 11.2. The normalized spacial score (nSPS) is 43.5. The molecule has 1 aliphatic heterocycles. The van der Waals surface area contributed by atoms with E-state index in [4.69, 9.17) is 4.74 Å². The molecule has 1 spiro atoms. The average Bonchev–Trinajstić information content (AvgIpc) is 3.51. The van der Waals surface area contributed by atoms with Crippen molar-refractivity contribution in [2.24, 2.45) is 35.0 Å². The average molecular weight is 392 g/mol. The summed E-state index contributed by atoms with van der Waals surface area (Å²) in [5.74, 6) is 1.57. The number of carbonyl (C=O) groups is 2. The number of rotatable bonds is 2. The highest BCUT2D eigenvalue weighted by Gasteiger charge is 2.71. The SMILES string of the molecule is CC1(C)[C@H]2CC[C@H](C2)[C@@]12COC(=O)N2C(=O)[C@@H]1[C@@H](c2ccccc2)[C@@H]2C=C[C@H]1C2. The topological polar surface area (TPSA) is 46.6 Å². The molecular weight excluding hydrogens is 362 g/mol. The second kappa shape index (κ2) is 5.74. The van der Waals surface area contributed by atoms with Crippen LogP contribution in [0.25, 0.3) is 0 Å². The Hall–Kier alpha value is -2.10. The maximum atomic E-state index is 14.1. The predicted octanol–water partition coefficient (Wildman–Crippen LogP) is 4.77. The predicted molar refractivity (Wildman–Crippen MR) is 109 cm³/mol. The Bertz CT molecular complexity index is 906. The van der Waals surface area contributed by atoms with Crippen molar-refractivity contribution in [2.45, 2.75) is 51.0 Å². The highest BCUT2D eigenvalue weighted by atomic mass is 16.6. The van der Waals surface area contributed by atoms with E-state index in [2.05, 4.69) is 50.3 Å². The molecule has 2 amide bonds. The number of hydrogen-bond acceptors (Lipinski definition) is 3. The molecular formula is C25H29NO3. The number of imide groups is 1. The molecule has 0 radical (unpaired) electrons. The lowest BCUT2D eigenvalue weighted by atomic mass is 9.62. The summed E-state index contributed by atoms with van der Waals surface area (Å²) in [7, 11) is 0. The lowest BCUT2D eigenvalue weighted by Crippen LogP contribution is -2.63. The van der Waals surface area contributed by atoms with Crippen LogP contribution in [0, 0.1) is 35.0 Å². The van der Waals surface area contributed by atoms with Gasteiger partial charge in [0.15, 0.2) is 0 Å². The number of cyclic esters (lactones) is 1. The quantitative estimate of drug-likeness (QED) is 0.683. The van der Waals surface area contributed by atoms with E-state index in [1.807, 2.05) is 6.07 Å². The van der Waals surface area contributed by atoms with E-state index in [-0.39, 0.29) is 29.1 Å². The molecule has 5 aliphatic rings. The molecule has 4 aliphatic carbocycles. The third-order valence-electron chi connectivity index (χ3n) is 9.39. The van der Waals surface area contributed by atoms with E-state index in [0.717, 1.165) is 19.3 Å². The van der Waals surface area contributed by atoms with Gasteiger partial charge in [-0.3, -0.25) is 4.79 Å². The summed E-state index contributed by atoms with van der Waals surface area (Å²) in [6.07, 6.45) is 8.53. The van der Waals surface area contributed by atoms with Crippen LogP contribution in [0.3, 0.4) is 0 Å². The van der Waals surface area contributed by atoms with Crippen molar-refractivity contribution in [3.8, 4) is 0 Å². The number of ether oxygens (including phenoxy) is 1. The Balaban J connectivity index is 1.42. The molecule has 1 heterocycles. The zero-order valence-corrected chi connectivity index (χ0v) is 17.2. The van der Waals surface area contributed by atoms with Gasteiger partial charge in [-0.1, -0.05) is 56.3 Å². The molecule has 4 heteroatoms. The summed E-state index contributed by atoms with van der Waals surface area (Å²) in [5, 5.41) is 0. The van der Waals surface area contributed by atoms with Crippen LogP contribution in [0.15, 0.2) is 42.5 Å². The number of fused-ring (bicyclic) bond motifs is 5. The number of allylic oxidation sites excluding steroid dienone is 2. The van der Waals surface area contributed by atoms with Gasteiger partial charge in [0.05, 0.1) is 11.5 Å². The molecule has 4 nitrogen and oxygen atoms in total. The monoisotopic (exact) mass is 391 g/mol. The van der Waals surface area contributed by atoms with Crippen molar-refractivity contribution < 1.29 is 14.3 Å². The largest absolute Gasteiger partial charge is 0.447 e. The van der Waals surface area contributed by atoms with Crippen LogP contribution >= 0.6 is 0 Å². The minimum atomic E-state index is -0.461. The second-order valence-corrected chi connectivity index (χ2v) is 10.5. The van der Waals surface area contributed by atoms with Crippen LogP contribution in [-0.4, -0.2) is 29.0 Å². The number of nitrogens with zero attached hydrogens (tertiary/aromatic N) is 1. The van der Waals surface area contributed by atoms with Crippen molar-refractivity contribution in [3.63, 3.8) is 0 Å². The molecule has 0 N–H and O–H groups in total. The van der Waals surface area contributed by atoms with E-state index in [9.17, 15) is 9.59 Å². The molecule has 6 rings (SSSR count). The van der Waals surface area contributed by atoms with Crippen molar-refractivity contribution in [1.82, 2.24) is 4.90 Å². The fraction of sp³-hybridized carbons (Fsp3) is 0.600. The van der Waals surface area contributed by atoms with Gasteiger partial charge in [0.2, 0.25) is 5.91 Å². The van der Waals surface area contributed by atoms with Gasteiger partial charge >= 0.3 is 6.09 Å². The number of hydrogen-bond donors (Lipinski definition) is 0. The van der Waals surface area contributed by atoms with Crippen molar-refractivity contribution in [1.29, 1.82) is 0 Å². The van der Waals surface area contributed by atoms with Crippen LogP contribution < -0.4 is 0 Å². The standard InChI is InChI=1S/C25H29NO3/c1-24(2)18-10-11-19(13-18)25(24)14-29-23(28)26(25)22(27)21-17-9-8-16(12-17)20(21)15-6-4-3-5-7-15/h3-9,16-21H,10-14H2,1-2H3/t16-,17+,18+,19-,20+,21+,25+/m1/s1. The molecule has 29 heavy (non-hydrogen) atoms. The van der Waals surface area contributed by atoms with E-state index in [1.54, 1.807) is 4.90 Å². The van der Waals surface area contributed by atoms with Gasteiger partial charge in [0, 0.05) is 5.92 Å². The Labute approximate surface area is 172 Å². The van der Waals surface area contributed by atoms with Crippen LogP contribution in [0.5, 0.6) is 0 Å². The van der Waals surface area contributed by atoms with Gasteiger partial charge in [-0.05, 0) is 60.3 Å². The van der Waals surface area contributed by atoms with Gasteiger partial charge in [-0.25, -0.2) is 9.69 Å². The molecule has 1 aromatic carbocycles. The van der Waals surface area contributed by atoms with E-state index in [1.165, 1.54) is 12.0 Å². The maximum Gasteiger partial charge on any atom is 0.417 e. The summed E-state index contributed by atoms with van der Waals surface area (Å²) in [6, 6.07) is 10.4. The molecule has 0 aromatic heterocycles. The summed E-state index contributed by atoms with van der Waals surface area (Å²) < 4.78 is 5.64. The fourth-order valence-electron chi connectivity index (χ4n) is 7.91. The van der Waals surface area contributed by atoms with Crippen LogP contribution in [0.2, 0.25) is 0 Å². The van der Waals surface area contributed by atoms with Crippen molar-refractivity contribution in [2.75, 3.05) is 6.61 Å². The first-order chi connectivity index (χ1) is 13.9. The Morgan fingerprint density at radius 3 is 2.48 bits per heavy atom. The maximum absolute atomic E-state index is 14.1. The lowest BCUT2D eigenvalue weighted by Gasteiger charge is -2.50. The zero-order chi connectivity index (χ0) is 20.0. The number of benzene rings is 1. The van der Waals surface area contributed by atoms with Crippen LogP contribution in [-0.2, 0) is 9.53 Å². The molecule has 4 bridgehead atoms. The molecule has 1 saturated heterocycles. The molecule has 4 fully saturated rings. The van der Waals surface area contributed by atoms with E-state index < -0.39 is 11.6 Å². The van der Waals surface area contributed by atoms with E-state index >= 15 is 0 Å². The second-order valence-electron chi connectivity index (χ2n) is 10.5. The minimum Gasteiger partial charge on any atom is -0.447 e. The van der Waals surface area contributed by atoms with Crippen molar-refractivity contribution in [3.05, 3.63) is 48.0 Å². The number of amides is 2. The van der Waals surface area contributed by atoms with E-state index in [0.29, 0.717) is 24.4 Å². The fourth-order valence-corrected chi connectivity index (χ4v) is 7.91. The Kier molecular flexibility index (Phi) is 3.51.